The van der Waals surface area contributed by atoms with E-state index in [0.717, 1.165) is 33.2 Å². The van der Waals surface area contributed by atoms with Crippen LogP contribution in [-0.4, -0.2) is 49.2 Å². The number of hydrogen-bond acceptors (Lipinski definition) is 5. The van der Waals surface area contributed by atoms with E-state index in [1.807, 2.05) is 49.5 Å². The molecule has 28 heavy (non-hydrogen) atoms. The van der Waals surface area contributed by atoms with Crippen molar-refractivity contribution in [3.8, 4) is 0 Å². The maximum Gasteiger partial charge on any atom is 0.260 e. The van der Waals surface area contributed by atoms with Crippen LogP contribution in [0.1, 0.15) is 22.8 Å². The fourth-order valence-electron chi connectivity index (χ4n) is 2.87. The summed E-state index contributed by atoms with van der Waals surface area (Å²) in [5.74, 6) is 0.00149. The zero-order chi connectivity index (χ0) is 19.4. The molecule has 3 rings (SSSR count). The molecule has 3 aromatic rings. The lowest BCUT2D eigenvalue weighted by Crippen LogP contribution is -2.36. The summed E-state index contributed by atoms with van der Waals surface area (Å²) in [4.78, 5) is 23.2. The lowest BCUT2D eigenvalue weighted by Gasteiger charge is -2.22. The first-order valence-corrected chi connectivity index (χ1v) is 11.1. The zero-order valence-electron chi connectivity index (χ0n) is 16.6. The van der Waals surface area contributed by atoms with Gasteiger partial charge in [0.05, 0.1) is 10.2 Å². The molecule has 0 bridgehead atoms. The van der Waals surface area contributed by atoms with E-state index >= 15 is 0 Å². The van der Waals surface area contributed by atoms with Gasteiger partial charge in [0, 0.05) is 23.5 Å². The van der Waals surface area contributed by atoms with Gasteiger partial charge in [-0.1, -0.05) is 30.4 Å². The van der Waals surface area contributed by atoms with E-state index in [4.69, 9.17) is 4.98 Å². The summed E-state index contributed by atoms with van der Waals surface area (Å²) < 4.78 is 1.13. The highest BCUT2D eigenvalue weighted by atomic mass is 35.5. The molecule has 1 amide bonds. The summed E-state index contributed by atoms with van der Waals surface area (Å²) >= 11 is 3.26. The third-order valence-electron chi connectivity index (χ3n) is 4.46. The Morgan fingerprint density at radius 3 is 2.43 bits per heavy atom. The highest BCUT2D eigenvalue weighted by Crippen LogP contribution is 2.32. The van der Waals surface area contributed by atoms with Gasteiger partial charge in [0.25, 0.3) is 5.91 Å². The topological polar surface area (TPSA) is 36.4 Å². The highest BCUT2D eigenvalue weighted by molar-refractivity contribution is 7.98. The quantitative estimate of drug-likeness (QED) is 0.477. The van der Waals surface area contributed by atoms with Crippen molar-refractivity contribution in [2.45, 2.75) is 18.2 Å². The number of thioether (sulfide) groups is 1. The van der Waals surface area contributed by atoms with E-state index in [1.165, 1.54) is 5.56 Å². The van der Waals surface area contributed by atoms with E-state index in [2.05, 4.69) is 30.0 Å². The minimum Gasteiger partial charge on any atom is -0.308 e. The van der Waals surface area contributed by atoms with Gasteiger partial charge in [-0.3, -0.25) is 9.69 Å². The standard InChI is InChI=1S/C21H25N3OS2.ClH/c1-5-15-7-6-8-18-19(15)22-21(27-18)24(14-13-23(2)3)20(25)16-9-11-17(26-4)12-10-16;/h6-12H,5,13-14H2,1-4H3;1H. The minimum absolute atomic E-state index is 0. The Morgan fingerprint density at radius 2 is 1.82 bits per heavy atom. The van der Waals surface area contributed by atoms with E-state index in [9.17, 15) is 4.79 Å². The number of carbonyl (C=O) groups excluding carboxylic acids is 1. The van der Waals surface area contributed by atoms with Crippen LogP contribution in [0, 0.1) is 0 Å². The summed E-state index contributed by atoms with van der Waals surface area (Å²) in [6, 6.07) is 14.1. The monoisotopic (exact) mass is 435 g/mol. The van der Waals surface area contributed by atoms with Crippen molar-refractivity contribution < 1.29 is 4.79 Å². The lowest BCUT2D eigenvalue weighted by molar-refractivity contribution is 0.0985. The van der Waals surface area contributed by atoms with Crippen LogP contribution in [0.3, 0.4) is 0 Å². The summed E-state index contributed by atoms with van der Waals surface area (Å²) in [7, 11) is 4.03. The van der Waals surface area contributed by atoms with Crippen molar-refractivity contribution in [2.75, 3.05) is 38.3 Å². The summed E-state index contributed by atoms with van der Waals surface area (Å²) in [6.07, 6.45) is 2.97. The van der Waals surface area contributed by atoms with Gasteiger partial charge < -0.3 is 4.90 Å². The van der Waals surface area contributed by atoms with E-state index in [-0.39, 0.29) is 18.3 Å². The maximum absolute atomic E-state index is 13.3. The maximum atomic E-state index is 13.3. The molecule has 0 N–H and O–H groups in total. The Hall–Kier alpha value is -1.60. The normalized spacial score (nSPS) is 10.9. The molecule has 0 unspecified atom stereocenters. The molecule has 0 radical (unpaired) electrons. The van der Waals surface area contributed by atoms with Crippen molar-refractivity contribution in [2.24, 2.45) is 0 Å². The van der Waals surface area contributed by atoms with Crippen LogP contribution in [0.4, 0.5) is 5.13 Å². The predicted molar refractivity (Wildman–Crippen MR) is 125 cm³/mol. The fourth-order valence-corrected chi connectivity index (χ4v) is 4.31. The number of anilines is 1. The fraction of sp³-hybridized carbons (Fsp3) is 0.333. The molecule has 1 aromatic heterocycles. The highest BCUT2D eigenvalue weighted by Gasteiger charge is 2.22. The second-order valence-corrected chi connectivity index (χ2v) is 8.49. The predicted octanol–water partition coefficient (Wildman–Crippen LogP) is 5.21. The molecule has 4 nitrogen and oxygen atoms in total. The first-order chi connectivity index (χ1) is 13.0. The second kappa shape index (κ2) is 10.3. The first kappa shape index (κ1) is 22.7. The van der Waals surface area contributed by atoms with Crippen LogP contribution < -0.4 is 4.90 Å². The van der Waals surface area contributed by atoms with Crippen LogP contribution >= 0.6 is 35.5 Å². The second-order valence-electron chi connectivity index (χ2n) is 6.60. The number of aryl methyl sites for hydroxylation is 1. The third kappa shape index (κ3) is 5.06. The van der Waals surface area contributed by atoms with Crippen LogP contribution in [0.5, 0.6) is 0 Å². The number of fused-ring (bicyclic) bond motifs is 1. The molecule has 0 aliphatic rings. The van der Waals surface area contributed by atoms with Crippen molar-refractivity contribution in [3.63, 3.8) is 0 Å². The molecule has 150 valence electrons. The van der Waals surface area contributed by atoms with E-state index in [0.29, 0.717) is 12.1 Å². The van der Waals surface area contributed by atoms with Gasteiger partial charge in [-0.05, 0) is 62.7 Å². The average Bonchev–Trinajstić information content (AvgIpc) is 3.11. The van der Waals surface area contributed by atoms with Crippen molar-refractivity contribution in [1.82, 2.24) is 9.88 Å². The number of nitrogens with zero attached hydrogens (tertiary/aromatic N) is 3. The number of likely N-dealkylation sites (N-methyl/N-ethyl adjacent to an activating group) is 1. The first-order valence-electron chi connectivity index (χ1n) is 9.02. The molecule has 0 aliphatic carbocycles. The van der Waals surface area contributed by atoms with Crippen molar-refractivity contribution in [1.29, 1.82) is 0 Å². The number of rotatable bonds is 7. The molecule has 0 spiro atoms. The molecule has 0 fully saturated rings. The van der Waals surface area contributed by atoms with E-state index < -0.39 is 0 Å². The Bertz CT molecular complexity index is 925. The third-order valence-corrected chi connectivity index (χ3v) is 6.24. The molecule has 0 saturated carbocycles. The van der Waals surface area contributed by atoms with Crippen LogP contribution in [0.25, 0.3) is 10.2 Å². The number of carbonyl (C=O) groups is 1. The Labute approximate surface area is 181 Å². The number of benzene rings is 2. The molecule has 0 aliphatic heterocycles. The van der Waals surface area contributed by atoms with Crippen LogP contribution in [-0.2, 0) is 6.42 Å². The number of amides is 1. The van der Waals surface area contributed by atoms with E-state index in [1.54, 1.807) is 23.1 Å². The number of thiazole rings is 1. The van der Waals surface area contributed by atoms with Gasteiger partial charge in [0.2, 0.25) is 0 Å². The van der Waals surface area contributed by atoms with Crippen LogP contribution in [0.2, 0.25) is 0 Å². The molecule has 7 heteroatoms. The number of hydrogen-bond donors (Lipinski definition) is 0. The number of halogens is 1. The number of aromatic nitrogens is 1. The van der Waals surface area contributed by atoms with Crippen LogP contribution in [0.15, 0.2) is 47.4 Å². The Balaban J connectivity index is 0.00000280. The molecule has 0 saturated heterocycles. The average molecular weight is 436 g/mol. The Kier molecular flexibility index (Phi) is 8.31. The largest absolute Gasteiger partial charge is 0.308 e. The van der Waals surface area contributed by atoms with Gasteiger partial charge in [-0.25, -0.2) is 4.98 Å². The smallest absolute Gasteiger partial charge is 0.260 e. The van der Waals surface area contributed by atoms with Gasteiger partial charge in [-0.2, -0.15) is 0 Å². The van der Waals surface area contributed by atoms with Gasteiger partial charge in [0.15, 0.2) is 5.13 Å². The molecular formula is C21H26ClN3OS2. The Morgan fingerprint density at radius 1 is 1.11 bits per heavy atom. The molecule has 1 heterocycles. The minimum atomic E-state index is 0. The molecule has 2 aromatic carbocycles. The lowest BCUT2D eigenvalue weighted by atomic mass is 10.1. The van der Waals surface area contributed by atoms with Gasteiger partial charge >= 0.3 is 0 Å². The summed E-state index contributed by atoms with van der Waals surface area (Å²) in [6.45, 7) is 3.53. The zero-order valence-corrected chi connectivity index (χ0v) is 19.1. The van der Waals surface area contributed by atoms with Crippen molar-refractivity contribution >= 4 is 56.8 Å². The summed E-state index contributed by atoms with van der Waals surface area (Å²) in [5.41, 5.74) is 2.93. The SMILES string of the molecule is CCc1cccc2sc(N(CCN(C)C)C(=O)c3ccc(SC)cc3)nc12.Cl. The molecule has 0 atom stereocenters. The van der Waals surface area contributed by atoms with Gasteiger partial charge in [0.1, 0.15) is 0 Å². The van der Waals surface area contributed by atoms with Gasteiger partial charge in [-0.15, -0.1) is 24.2 Å². The summed E-state index contributed by atoms with van der Waals surface area (Å²) in [5, 5.41) is 0.770. The molecular weight excluding hydrogens is 410 g/mol. The van der Waals surface area contributed by atoms with Crippen molar-refractivity contribution in [3.05, 3.63) is 53.6 Å². The number of para-hydroxylation sites is 1.